The van der Waals surface area contributed by atoms with Crippen LogP contribution in [0.25, 0.3) is 0 Å². The fourth-order valence-electron chi connectivity index (χ4n) is 0.188. The van der Waals surface area contributed by atoms with Crippen molar-refractivity contribution in [3.8, 4) is 0 Å². The maximum atomic E-state index is 9.98. The highest BCUT2D eigenvalue weighted by Crippen LogP contribution is 2.09. The zero-order valence-electron chi connectivity index (χ0n) is 5.75. The Morgan fingerprint density at radius 2 is 2.00 bits per heavy atom. The second kappa shape index (κ2) is 2.57. The Morgan fingerprint density at radius 1 is 1.56 bits per heavy atom. The first-order valence-electron chi connectivity index (χ1n) is 2.58. The fraction of sp³-hybridized carbons (Fsp3) is 0.800. The summed E-state index contributed by atoms with van der Waals surface area (Å²) >= 11 is 0. The minimum absolute atomic E-state index is 0.317. The Hall–Kier alpha value is -0.930. The maximum Gasteiger partial charge on any atom is 0.138 e. The van der Waals surface area contributed by atoms with Crippen LogP contribution < -0.4 is 0 Å². The molecule has 0 radical (unpaired) electrons. The molecule has 0 rings (SSSR count). The Kier molecular flexibility index (Phi) is 2.30. The molecule has 0 fully saturated rings. The molecule has 0 aromatic heterocycles. The maximum absolute atomic E-state index is 9.98. The molecule has 9 heavy (non-hydrogen) atoms. The summed E-state index contributed by atoms with van der Waals surface area (Å²) in [6, 6.07) is 0. The number of nitroso groups, excluding NO2 is 1. The van der Waals surface area contributed by atoms with E-state index in [1.807, 2.05) is 0 Å². The third-order valence-electron chi connectivity index (χ3n) is 1.26. The van der Waals surface area contributed by atoms with Gasteiger partial charge in [-0.15, -0.1) is 4.91 Å². The van der Waals surface area contributed by atoms with Crippen LogP contribution in [0.3, 0.4) is 0 Å². The standard InChI is InChI=1S/C5H10N2O2/c1-4(6-8)5(2,3)7-9/h8H,1-3H3/b6-4+. The molecule has 0 aliphatic heterocycles. The fourth-order valence-corrected chi connectivity index (χ4v) is 0.188. The van der Waals surface area contributed by atoms with Crippen molar-refractivity contribution in [1.82, 2.24) is 0 Å². The first-order valence-corrected chi connectivity index (χ1v) is 2.58. The minimum Gasteiger partial charge on any atom is -0.411 e. The van der Waals surface area contributed by atoms with Crippen LogP contribution in [0.5, 0.6) is 0 Å². The van der Waals surface area contributed by atoms with Gasteiger partial charge in [0.15, 0.2) is 0 Å². The molecule has 0 saturated heterocycles. The lowest BCUT2D eigenvalue weighted by Gasteiger charge is -2.11. The van der Waals surface area contributed by atoms with E-state index in [9.17, 15) is 4.91 Å². The Bertz CT molecular complexity index is 140. The van der Waals surface area contributed by atoms with Crippen LogP contribution in [0.15, 0.2) is 10.3 Å². The lowest BCUT2D eigenvalue weighted by Crippen LogP contribution is -2.25. The molecule has 0 aromatic carbocycles. The zero-order chi connectivity index (χ0) is 7.49. The summed E-state index contributed by atoms with van der Waals surface area (Å²) in [4.78, 5) is 9.98. The summed E-state index contributed by atoms with van der Waals surface area (Å²) in [6.07, 6.45) is 0. The van der Waals surface area contributed by atoms with Crippen LogP contribution in [0.2, 0.25) is 0 Å². The molecular weight excluding hydrogens is 120 g/mol. The van der Waals surface area contributed by atoms with Gasteiger partial charge in [-0.05, 0) is 20.8 Å². The van der Waals surface area contributed by atoms with Crippen molar-refractivity contribution >= 4 is 5.71 Å². The summed E-state index contributed by atoms with van der Waals surface area (Å²) < 4.78 is 0. The Labute approximate surface area is 53.5 Å². The molecule has 0 aromatic rings. The van der Waals surface area contributed by atoms with Crippen molar-refractivity contribution in [1.29, 1.82) is 0 Å². The van der Waals surface area contributed by atoms with E-state index in [2.05, 4.69) is 10.3 Å². The van der Waals surface area contributed by atoms with Gasteiger partial charge in [-0.25, -0.2) is 0 Å². The van der Waals surface area contributed by atoms with Gasteiger partial charge in [-0.2, -0.15) is 0 Å². The smallest absolute Gasteiger partial charge is 0.138 e. The summed E-state index contributed by atoms with van der Waals surface area (Å²) in [5.74, 6) is 0. The van der Waals surface area contributed by atoms with Crippen molar-refractivity contribution in [2.75, 3.05) is 0 Å². The normalized spacial score (nSPS) is 13.4. The van der Waals surface area contributed by atoms with E-state index in [-0.39, 0.29) is 0 Å². The Morgan fingerprint density at radius 3 is 2.11 bits per heavy atom. The molecule has 4 nitrogen and oxygen atoms in total. The van der Waals surface area contributed by atoms with E-state index in [0.717, 1.165) is 0 Å². The van der Waals surface area contributed by atoms with Gasteiger partial charge in [0.25, 0.3) is 0 Å². The second-order valence-electron chi connectivity index (χ2n) is 2.34. The van der Waals surface area contributed by atoms with Gasteiger partial charge >= 0.3 is 0 Å². The molecular formula is C5H10N2O2. The summed E-state index contributed by atoms with van der Waals surface area (Å²) in [6.45, 7) is 4.70. The van der Waals surface area contributed by atoms with E-state index in [1.54, 1.807) is 20.8 Å². The van der Waals surface area contributed by atoms with E-state index >= 15 is 0 Å². The molecule has 52 valence electrons. The van der Waals surface area contributed by atoms with Gasteiger partial charge in [0, 0.05) is 0 Å². The van der Waals surface area contributed by atoms with Crippen molar-refractivity contribution in [3.05, 3.63) is 4.91 Å². The van der Waals surface area contributed by atoms with Crippen LogP contribution in [0, 0.1) is 4.91 Å². The van der Waals surface area contributed by atoms with Gasteiger partial charge in [0.1, 0.15) is 5.54 Å². The van der Waals surface area contributed by atoms with Crippen LogP contribution in [-0.2, 0) is 0 Å². The van der Waals surface area contributed by atoms with Crippen LogP contribution in [-0.4, -0.2) is 16.5 Å². The van der Waals surface area contributed by atoms with Crippen molar-refractivity contribution in [2.45, 2.75) is 26.3 Å². The number of rotatable bonds is 2. The van der Waals surface area contributed by atoms with Crippen LogP contribution >= 0.6 is 0 Å². The molecule has 0 heterocycles. The monoisotopic (exact) mass is 130 g/mol. The van der Waals surface area contributed by atoms with Gasteiger partial charge < -0.3 is 5.21 Å². The van der Waals surface area contributed by atoms with Gasteiger partial charge in [0.05, 0.1) is 5.71 Å². The second-order valence-corrected chi connectivity index (χ2v) is 2.34. The largest absolute Gasteiger partial charge is 0.411 e. The lowest BCUT2D eigenvalue weighted by atomic mass is 10.0. The summed E-state index contributed by atoms with van der Waals surface area (Å²) in [5.41, 5.74) is -0.563. The van der Waals surface area contributed by atoms with E-state index in [0.29, 0.717) is 5.71 Å². The molecule has 0 aliphatic carbocycles. The topological polar surface area (TPSA) is 62.0 Å². The number of hydrogen-bond donors (Lipinski definition) is 1. The third kappa shape index (κ3) is 1.79. The molecule has 1 N–H and O–H groups in total. The van der Waals surface area contributed by atoms with Crippen LogP contribution in [0.4, 0.5) is 0 Å². The highest BCUT2D eigenvalue weighted by molar-refractivity contribution is 5.90. The molecule has 0 spiro atoms. The van der Waals surface area contributed by atoms with Crippen LogP contribution in [0.1, 0.15) is 20.8 Å². The molecule has 0 saturated carbocycles. The molecule has 0 amide bonds. The molecule has 0 aliphatic rings. The third-order valence-corrected chi connectivity index (χ3v) is 1.26. The van der Waals surface area contributed by atoms with E-state index in [1.165, 1.54) is 0 Å². The van der Waals surface area contributed by atoms with E-state index < -0.39 is 5.54 Å². The summed E-state index contributed by atoms with van der Waals surface area (Å²) in [7, 11) is 0. The SMILES string of the molecule is C/C(=N\O)C(C)(C)N=O. The predicted molar refractivity (Wildman–Crippen MR) is 34.8 cm³/mol. The van der Waals surface area contributed by atoms with E-state index in [4.69, 9.17) is 5.21 Å². The number of nitrogens with zero attached hydrogens (tertiary/aromatic N) is 2. The average Bonchev–Trinajstić information content (AvgIpc) is 1.86. The highest BCUT2D eigenvalue weighted by atomic mass is 16.4. The zero-order valence-corrected chi connectivity index (χ0v) is 5.75. The predicted octanol–water partition coefficient (Wildman–Crippen LogP) is 1.38. The minimum atomic E-state index is -0.880. The average molecular weight is 130 g/mol. The highest BCUT2D eigenvalue weighted by Gasteiger charge is 2.22. The van der Waals surface area contributed by atoms with Crippen molar-refractivity contribution in [2.24, 2.45) is 10.3 Å². The number of oxime groups is 1. The van der Waals surface area contributed by atoms with Crippen molar-refractivity contribution < 1.29 is 5.21 Å². The van der Waals surface area contributed by atoms with Gasteiger partial charge in [-0.3, -0.25) is 0 Å². The molecule has 0 atom stereocenters. The molecule has 4 heteroatoms. The van der Waals surface area contributed by atoms with Crippen molar-refractivity contribution in [3.63, 3.8) is 0 Å². The quantitative estimate of drug-likeness (QED) is 0.265. The molecule has 0 bridgehead atoms. The van der Waals surface area contributed by atoms with Gasteiger partial charge in [-0.1, -0.05) is 10.3 Å². The first kappa shape index (κ1) is 8.07. The first-order chi connectivity index (χ1) is 4.04. The lowest BCUT2D eigenvalue weighted by molar-refractivity contribution is 0.314. The summed E-state index contributed by atoms with van der Waals surface area (Å²) in [5, 5.41) is 13.8. The Balaban J connectivity index is 4.32. The molecule has 0 unspecified atom stereocenters. The number of hydrogen-bond acceptors (Lipinski definition) is 4. The van der Waals surface area contributed by atoms with Gasteiger partial charge in [0.2, 0.25) is 0 Å².